The zero-order valence-electron chi connectivity index (χ0n) is 16.5. The molecule has 0 spiro atoms. The molecule has 6 nitrogen and oxygen atoms in total. The van der Waals surface area contributed by atoms with Crippen LogP contribution in [-0.4, -0.2) is 29.2 Å². The van der Waals surface area contributed by atoms with Crippen LogP contribution in [-0.2, 0) is 6.42 Å². The van der Waals surface area contributed by atoms with Gasteiger partial charge in [0.15, 0.2) is 22.9 Å². The highest BCUT2D eigenvalue weighted by molar-refractivity contribution is 6.31. The van der Waals surface area contributed by atoms with Crippen LogP contribution < -0.4 is 0 Å². The van der Waals surface area contributed by atoms with Crippen LogP contribution in [0, 0.1) is 19.7 Å². The van der Waals surface area contributed by atoms with Crippen LogP contribution in [0.2, 0.25) is 5.02 Å². The molecule has 8 heteroatoms. The molecule has 4 heterocycles. The minimum atomic E-state index is -0.519. The quantitative estimate of drug-likeness (QED) is 0.500. The zero-order valence-corrected chi connectivity index (χ0v) is 17.3. The van der Waals surface area contributed by atoms with E-state index in [9.17, 15) is 4.39 Å². The Hall–Kier alpha value is -2.54. The molecule has 0 amide bonds. The number of hydrogen-bond donors (Lipinski definition) is 0. The van der Waals surface area contributed by atoms with Crippen LogP contribution in [0.4, 0.5) is 4.39 Å². The van der Waals surface area contributed by atoms with Crippen LogP contribution in [0.25, 0.3) is 11.3 Å². The Morgan fingerprint density at radius 3 is 2.46 bits per heavy atom. The van der Waals surface area contributed by atoms with Crippen molar-refractivity contribution < 1.29 is 4.39 Å². The van der Waals surface area contributed by atoms with E-state index < -0.39 is 5.82 Å². The summed E-state index contributed by atoms with van der Waals surface area (Å²) in [6, 6.07) is 2.03. The number of fused-ring (bicyclic) bond motifs is 2. The van der Waals surface area contributed by atoms with Crippen molar-refractivity contribution in [2.75, 3.05) is 0 Å². The van der Waals surface area contributed by atoms with E-state index in [4.69, 9.17) is 11.6 Å². The molecule has 1 unspecified atom stereocenters. The molecule has 0 fully saturated rings. The summed E-state index contributed by atoms with van der Waals surface area (Å²) in [5.74, 6) is 1.03. The van der Waals surface area contributed by atoms with Gasteiger partial charge in [0.1, 0.15) is 5.82 Å². The lowest BCUT2D eigenvalue weighted by atomic mass is 9.95. The molecular formula is C20H22ClFN6. The van der Waals surface area contributed by atoms with Crippen LogP contribution in [0.1, 0.15) is 60.9 Å². The van der Waals surface area contributed by atoms with Gasteiger partial charge in [-0.05, 0) is 48.4 Å². The molecule has 0 saturated heterocycles. The van der Waals surface area contributed by atoms with Crippen LogP contribution in [0.3, 0.4) is 0 Å². The highest BCUT2D eigenvalue weighted by atomic mass is 35.5. The van der Waals surface area contributed by atoms with Crippen LogP contribution >= 0.6 is 11.6 Å². The molecule has 4 aromatic rings. The number of nitrogens with zero attached hydrogens (tertiary/aromatic N) is 6. The second-order valence-corrected chi connectivity index (χ2v) is 8.02. The predicted octanol–water partition coefficient (Wildman–Crippen LogP) is 4.65. The van der Waals surface area contributed by atoms with Crippen molar-refractivity contribution in [3.8, 4) is 0 Å². The van der Waals surface area contributed by atoms with E-state index in [0.29, 0.717) is 12.2 Å². The Labute approximate surface area is 167 Å². The molecule has 0 radical (unpaired) electrons. The summed E-state index contributed by atoms with van der Waals surface area (Å²) in [5, 5.41) is 9.01. The molecule has 4 rings (SSSR count). The number of aromatic nitrogens is 6. The van der Waals surface area contributed by atoms with Gasteiger partial charge in [-0.25, -0.2) is 23.4 Å². The number of aryl methyl sites for hydroxylation is 2. The third kappa shape index (κ3) is 3.13. The predicted molar refractivity (Wildman–Crippen MR) is 107 cm³/mol. The zero-order chi connectivity index (χ0) is 20.2. The SMILES string of the molecule is Cc1nc2cc(C)c(C(C)Cc3nc4c(F)c(Cl)c(C(C)C)cn4n3)cn2n1. The first-order chi connectivity index (χ1) is 13.2. The molecule has 0 saturated carbocycles. The number of hydrogen-bond acceptors (Lipinski definition) is 4. The molecular weight excluding hydrogens is 379 g/mol. The van der Waals surface area contributed by atoms with Gasteiger partial charge in [0.05, 0.1) is 5.02 Å². The third-order valence-corrected chi connectivity index (χ3v) is 5.43. The molecule has 0 aliphatic rings. The smallest absolute Gasteiger partial charge is 0.193 e. The lowest BCUT2D eigenvalue weighted by Crippen LogP contribution is -2.05. The van der Waals surface area contributed by atoms with Crippen LogP contribution in [0.15, 0.2) is 18.5 Å². The molecule has 28 heavy (non-hydrogen) atoms. The lowest BCUT2D eigenvalue weighted by Gasteiger charge is -2.13. The second kappa shape index (κ2) is 6.81. The Morgan fingerprint density at radius 2 is 1.75 bits per heavy atom. The van der Waals surface area contributed by atoms with Gasteiger partial charge in [-0.3, -0.25) is 0 Å². The summed E-state index contributed by atoms with van der Waals surface area (Å²) in [7, 11) is 0. The maximum Gasteiger partial charge on any atom is 0.193 e. The fourth-order valence-electron chi connectivity index (χ4n) is 3.56. The van der Waals surface area contributed by atoms with E-state index in [0.717, 1.165) is 28.2 Å². The number of halogens is 2. The van der Waals surface area contributed by atoms with Gasteiger partial charge in [-0.15, -0.1) is 0 Å². The highest BCUT2D eigenvalue weighted by Gasteiger charge is 2.20. The Bertz CT molecular complexity index is 1190. The van der Waals surface area contributed by atoms with Crippen molar-refractivity contribution in [1.82, 2.24) is 29.2 Å². The minimum absolute atomic E-state index is 0.0958. The van der Waals surface area contributed by atoms with Crippen molar-refractivity contribution in [1.29, 1.82) is 0 Å². The summed E-state index contributed by atoms with van der Waals surface area (Å²) in [6.45, 7) is 9.97. The van der Waals surface area contributed by atoms with Crippen molar-refractivity contribution in [2.24, 2.45) is 0 Å². The van der Waals surface area contributed by atoms with Gasteiger partial charge < -0.3 is 0 Å². The third-order valence-electron chi connectivity index (χ3n) is 5.05. The van der Waals surface area contributed by atoms with Gasteiger partial charge in [-0.1, -0.05) is 32.4 Å². The monoisotopic (exact) mass is 400 g/mol. The molecule has 0 aliphatic heterocycles. The molecule has 4 aromatic heterocycles. The number of rotatable bonds is 4. The first kappa shape index (κ1) is 18.8. The molecule has 0 N–H and O–H groups in total. The van der Waals surface area contributed by atoms with E-state index in [1.165, 1.54) is 4.52 Å². The fourth-order valence-corrected chi connectivity index (χ4v) is 3.91. The topological polar surface area (TPSA) is 60.4 Å². The van der Waals surface area contributed by atoms with E-state index in [2.05, 4.69) is 34.0 Å². The van der Waals surface area contributed by atoms with Gasteiger partial charge in [0, 0.05) is 18.8 Å². The molecule has 0 aromatic carbocycles. The molecule has 146 valence electrons. The average molecular weight is 401 g/mol. The molecule has 0 bridgehead atoms. The van der Waals surface area contributed by atoms with Gasteiger partial charge in [0.25, 0.3) is 0 Å². The minimum Gasteiger partial charge on any atom is -0.221 e. The summed E-state index contributed by atoms with van der Waals surface area (Å²) in [5.41, 5.74) is 3.98. The first-order valence-electron chi connectivity index (χ1n) is 9.31. The first-order valence-corrected chi connectivity index (χ1v) is 9.69. The van der Waals surface area contributed by atoms with E-state index in [-0.39, 0.29) is 22.5 Å². The Kier molecular flexibility index (Phi) is 4.57. The largest absolute Gasteiger partial charge is 0.221 e. The van der Waals surface area contributed by atoms with Crippen molar-refractivity contribution in [2.45, 2.75) is 52.9 Å². The molecule has 1 atom stereocenters. The fraction of sp³-hybridized carbons (Fsp3) is 0.400. The maximum absolute atomic E-state index is 14.7. The maximum atomic E-state index is 14.7. The van der Waals surface area contributed by atoms with E-state index in [1.54, 1.807) is 10.7 Å². The number of pyridine rings is 2. The Balaban J connectivity index is 1.69. The average Bonchev–Trinajstić information content (AvgIpc) is 3.18. The second-order valence-electron chi connectivity index (χ2n) is 7.64. The summed E-state index contributed by atoms with van der Waals surface area (Å²) < 4.78 is 17.9. The van der Waals surface area contributed by atoms with Crippen molar-refractivity contribution >= 4 is 22.9 Å². The summed E-state index contributed by atoms with van der Waals surface area (Å²) in [6.07, 6.45) is 4.34. The van der Waals surface area contributed by atoms with Crippen molar-refractivity contribution in [3.63, 3.8) is 0 Å². The lowest BCUT2D eigenvalue weighted by molar-refractivity contribution is 0.622. The molecule has 0 aliphatic carbocycles. The van der Waals surface area contributed by atoms with Gasteiger partial charge in [0.2, 0.25) is 0 Å². The van der Waals surface area contributed by atoms with Crippen LogP contribution in [0.5, 0.6) is 0 Å². The van der Waals surface area contributed by atoms with E-state index in [1.807, 2.05) is 33.0 Å². The normalized spacial score (nSPS) is 13.1. The van der Waals surface area contributed by atoms with E-state index >= 15 is 0 Å². The van der Waals surface area contributed by atoms with Gasteiger partial charge >= 0.3 is 0 Å². The summed E-state index contributed by atoms with van der Waals surface area (Å²) >= 11 is 6.18. The van der Waals surface area contributed by atoms with Crippen molar-refractivity contribution in [3.05, 3.63) is 57.6 Å². The highest BCUT2D eigenvalue weighted by Crippen LogP contribution is 2.29. The Morgan fingerprint density at radius 1 is 1.04 bits per heavy atom. The van der Waals surface area contributed by atoms with Gasteiger partial charge in [-0.2, -0.15) is 10.2 Å². The standard InChI is InChI=1S/C20H22ClFN6/c1-10(2)14-8-28-20(19(22)18(14)21)24-16(26-28)6-11(3)15-9-27-17(7-12(15)4)23-13(5)25-27/h7-11H,6H2,1-5H3. The summed E-state index contributed by atoms with van der Waals surface area (Å²) in [4.78, 5) is 8.79.